The minimum Gasteiger partial charge on any atom is -0.497 e. The number of carbonyl (C=O) groups is 1. The minimum absolute atomic E-state index is 0.0341. The molecular formula is C14H21NO6S. The molecule has 1 N–H and O–H groups in total. The summed E-state index contributed by atoms with van der Waals surface area (Å²) in [5, 5.41) is 8.78. The fraction of sp³-hybridized carbons (Fsp3) is 0.500. The molecule has 0 aromatic heterocycles. The Morgan fingerprint density at radius 1 is 1.23 bits per heavy atom. The summed E-state index contributed by atoms with van der Waals surface area (Å²) in [6.45, 7) is 1.97. The second-order valence-electron chi connectivity index (χ2n) is 4.56. The van der Waals surface area contributed by atoms with E-state index in [1.165, 1.54) is 26.4 Å². The van der Waals surface area contributed by atoms with Gasteiger partial charge >= 0.3 is 5.97 Å². The van der Waals surface area contributed by atoms with Crippen molar-refractivity contribution >= 4 is 16.0 Å². The molecule has 0 radical (unpaired) electrons. The Morgan fingerprint density at radius 3 is 2.41 bits per heavy atom. The largest absolute Gasteiger partial charge is 0.497 e. The van der Waals surface area contributed by atoms with Crippen molar-refractivity contribution in [3.8, 4) is 11.5 Å². The van der Waals surface area contributed by atoms with Crippen LogP contribution in [0.3, 0.4) is 0 Å². The number of hydrogen-bond donors (Lipinski definition) is 1. The molecule has 0 unspecified atom stereocenters. The normalized spacial score (nSPS) is 11.5. The summed E-state index contributed by atoms with van der Waals surface area (Å²) < 4.78 is 36.9. The van der Waals surface area contributed by atoms with E-state index in [1.807, 2.05) is 6.92 Å². The highest BCUT2D eigenvalue weighted by atomic mass is 32.2. The van der Waals surface area contributed by atoms with Gasteiger partial charge in [0, 0.05) is 19.2 Å². The summed E-state index contributed by atoms with van der Waals surface area (Å²) in [6, 6.07) is 4.48. The summed E-state index contributed by atoms with van der Waals surface area (Å²) in [7, 11) is -1.06. The van der Waals surface area contributed by atoms with Crippen molar-refractivity contribution in [2.24, 2.45) is 0 Å². The van der Waals surface area contributed by atoms with Crippen LogP contribution in [-0.2, 0) is 14.8 Å². The van der Waals surface area contributed by atoms with Crippen molar-refractivity contribution < 1.29 is 27.8 Å². The van der Waals surface area contributed by atoms with Gasteiger partial charge < -0.3 is 14.6 Å². The quantitative estimate of drug-likeness (QED) is 0.738. The average Bonchev–Trinajstić information content (AvgIpc) is 2.50. The molecule has 0 bridgehead atoms. The minimum atomic E-state index is -3.87. The van der Waals surface area contributed by atoms with Gasteiger partial charge in [0.15, 0.2) is 0 Å². The van der Waals surface area contributed by atoms with Gasteiger partial charge in [-0.2, -0.15) is 4.31 Å². The Balaban J connectivity index is 3.25. The lowest BCUT2D eigenvalue weighted by molar-refractivity contribution is -0.137. The standard InChI is InChI=1S/C14H21NO6S/c1-4-8-15(9-7-14(16)17)22(18,19)13-10-11(20-2)5-6-12(13)21-3/h5-6,10H,4,7-9H2,1-3H3,(H,16,17). The number of carboxylic acid groups (broad SMARTS) is 1. The number of ether oxygens (including phenoxy) is 2. The molecule has 0 aliphatic carbocycles. The second kappa shape index (κ2) is 8.00. The van der Waals surface area contributed by atoms with Crippen LogP contribution in [0.2, 0.25) is 0 Å². The number of benzene rings is 1. The van der Waals surface area contributed by atoms with Crippen LogP contribution in [0.4, 0.5) is 0 Å². The van der Waals surface area contributed by atoms with Crippen molar-refractivity contribution in [1.82, 2.24) is 4.31 Å². The molecule has 1 aromatic carbocycles. The number of aliphatic carboxylic acids is 1. The molecular weight excluding hydrogens is 310 g/mol. The van der Waals surface area contributed by atoms with E-state index in [0.29, 0.717) is 12.2 Å². The number of methoxy groups -OCH3 is 2. The van der Waals surface area contributed by atoms with Crippen LogP contribution in [0, 0.1) is 0 Å². The van der Waals surface area contributed by atoms with E-state index < -0.39 is 16.0 Å². The Bertz CT molecular complexity index is 614. The predicted octanol–water partition coefficient (Wildman–Crippen LogP) is 1.58. The Morgan fingerprint density at radius 2 is 1.91 bits per heavy atom. The van der Waals surface area contributed by atoms with E-state index >= 15 is 0 Å². The molecule has 22 heavy (non-hydrogen) atoms. The number of nitrogens with zero attached hydrogens (tertiary/aromatic N) is 1. The summed E-state index contributed by atoms with van der Waals surface area (Å²) in [4.78, 5) is 10.7. The van der Waals surface area contributed by atoms with Gasteiger partial charge in [0.2, 0.25) is 10.0 Å². The average molecular weight is 331 g/mol. The molecule has 1 aromatic rings. The zero-order valence-corrected chi connectivity index (χ0v) is 13.7. The zero-order chi connectivity index (χ0) is 16.8. The van der Waals surface area contributed by atoms with Gasteiger partial charge in [0.05, 0.1) is 20.6 Å². The highest BCUT2D eigenvalue weighted by Gasteiger charge is 2.28. The molecule has 0 aliphatic heterocycles. The number of carboxylic acids is 1. The van der Waals surface area contributed by atoms with Crippen molar-refractivity contribution in [2.75, 3.05) is 27.3 Å². The van der Waals surface area contributed by atoms with Crippen LogP contribution in [0.1, 0.15) is 19.8 Å². The Kier molecular flexibility index (Phi) is 6.63. The molecule has 0 saturated heterocycles. The molecule has 0 amide bonds. The lowest BCUT2D eigenvalue weighted by Gasteiger charge is -2.22. The number of sulfonamides is 1. The lowest BCUT2D eigenvalue weighted by Crippen LogP contribution is -2.34. The topological polar surface area (TPSA) is 93.1 Å². The van der Waals surface area contributed by atoms with Crippen LogP contribution in [0.5, 0.6) is 11.5 Å². The van der Waals surface area contributed by atoms with Crippen molar-refractivity contribution in [2.45, 2.75) is 24.7 Å². The summed E-state index contributed by atoms with van der Waals surface area (Å²) >= 11 is 0. The zero-order valence-electron chi connectivity index (χ0n) is 12.9. The van der Waals surface area contributed by atoms with Gasteiger partial charge in [0.1, 0.15) is 16.4 Å². The second-order valence-corrected chi connectivity index (χ2v) is 6.47. The molecule has 0 heterocycles. The lowest BCUT2D eigenvalue weighted by atomic mass is 10.3. The third kappa shape index (κ3) is 4.35. The smallest absolute Gasteiger partial charge is 0.304 e. The van der Waals surface area contributed by atoms with Crippen molar-refractivity contribution in [3.05, 3.63) is 18.2 Å². The van der Waals surface area contributed by atoms with Gasteiger partial charge in [-0.25, -0.2) is 8.42 Å². The van der Waals surface area contributed by atoms with Crippen LogP contribution in [0.25, 0.3) is 0 Å². The number of rotatable bonds is 9. The first kappa shape index (κ1) is 18.2. The van der Waals surface area contributed by atoms with Gasteiger partial charge in [-0.15, -0.1) is 0 Å². The maximum Gasteiger partial charge on any atom is 0.304 e. The summed E-state index contributed by atoms with van der Waals surface area (Å²) in [6.07, 6.45) is 0.316. The summed E-state index contributed by atoms with van der Waals surface area (Å²) in [5.41, 5.74) is 0. The van der Waals surface area contributed by atoms with Gasteiger partial charge in [-0.1, -0.05) is 6.92 Å². The van der Waals surface area contributed by atoms with E-state index in [-0.39, 0.29) is 30.2 Å². The molecule has 0 spiro atoms. The van der Waals surface area contributed by atoms with Crippen LogP contribution in [0.15, 0.2) is 23.1 Å². The molecule has 7 nitrogen and oxygen atoms in total. The van der Waals surface area contributed by atoms with E-state index in [4.69, 9.17) is 14.6 Å². The van der Waals surface area contributed by atoms with E-state index in [2.05, 4.69) is 0 Å². The van der Waals surface area contributed by atoms with Gasteiger partial charge in [0.25, 0.3) is 0 Å². The van der Waals surface area contributed by atoms with Crippen LogP contribution >= 0.6 is 0 Å². The Hall–Kier alpha value is -1.80. The molecule has 0 saturated carbocycles. The van der Waals surface area contributed by atoms with Gasteiger partial charge in [-0.3, -0.25) is 4.79 Å². The first-order valence-electron chi connectivity index (χ1n) is 6.80. The molecule has 1 rings (SSSR count). The van der Waals surface area contributed by atoms with E-state index in [0.717, 1.165) is 4.31 Å². The third-order valence-corrected chi connectivity index (χ3v) is 4.96. The number of hydrogen-bond acceptors (Lipinski definition) is 5. The van der Waals surface area contributed by atoms with E-state index in [1.54, 1.807) is 6.07 Å². The molecule has 0 atom stereocenters. The third-order valence-electron chi connectivity index (χ3n) is 3.04. The molecule has 0 fully saturated rings. The van der Waals surface area contributed by atoms with Crippen molar-refractivity contribution in [1.29, 1.82) is 0 Å². The highest BCUT2D eigenvalue weighted by molar-refractivity contribution is 7.89. The monoisotopic (exact) mass is 331 g/mol. The molecule has 124 valence electrons. The maximum atomic E-state index is 12.8. The molecule has 8 heteroatoms. The first-order valence-corrected chi connectivity index (χ1v) is 8.24. The maximum absolute atomic E-state index is 12.8. The van der Waals surface area contributed by atoms with Crippen LogP contribution in [-0.4, -0.2) is 51.1 Å². The SMILES string of the molecule is CCCN(CCC(=O)O)S(=O)(=O)c1cc(OC)ccc1OC. The fourth-order valence-corrected chi connectivity index (χ4v) is 3.65. The summed E-state index contributed by atoms with van der Waals surface area (Å²) in [5.74, 6) is -0.472. The first-order chi connectivity index (χ1) is 10.4. The van der Waals surface area contributed by atoms with Gasteiger partial charge in [-0.05, 0) is 18.6 Å². The van der Waals surface area contributed by atoms with Crippen LogP contribution < -0.4 is 9.47 Å². The van der Waals surface area contributed by atoms with E-state index in [9.17, 15) is 13.2 Å². The predicted molar refractivity (Wildman–Crippen MR) is 80.8 cm³/mol. The fourth-order valence-electron chi connectivity index (χ4n) is 1.95. The molecule has 0 aliphatic rings. The highest BCUT2D eigenvalue weighted by Crippen LogP contribution is 2.30. The Labute approximate surface area is 130 Å². The van der Waals surface area contributed by atoms with Crippen molar-refractivity contribution in [3.63, 3.8) is 0 Å².